The highest BCUT2D eigenvalue weighted by atomic mass is 16.1. The van der Waals surface area contributed by atoms with Crippen LogP contribution in [0.25, 0.3) is 0 Å². The maximum Gasteiger partial charge on any atom is 0.225 e. The molecule has 0 radical (unpaired) electrons. The first-order chi connectivity index (χ1) is 13.2. The summed E-state index contributed by atoms with van der Waals surface area (Å²) in [6.45, 7) is 7.55. The molecular formula is C21H33N5O. The smallest absolute Gasteiger partial charge is 0.225 e. The molecular weight excluding hydrogens is 338 g/mol. The van der Waals surface area contributed by atoms with Gasteiger partial charge >= 0.3 is 0 Å². The highest BCUT2D eigenvalue weighted by Gasteiger charge is 2.25. The molecule has 0 saturated carbocycles. The van der Waals surface area contributed by atoms with E-state index in [4.69, 9.17) is 0 Å². The number of nitrogens with one attached hydrogen (secondary N) is 3. The molecule has 1 aromatic rings. The Hall–Kier alpha value is -2.08. The quantitative estimate of drug-likeness (QED) is 0.531. The van der Waals surface area contributed by atoms with Gasteiger partial charge in [-0.15, -0.1) is 0 Å². The molecule has 1 saturated heterocycles. The molecule has 1 atom stereocenters. The average molecular weight is 372 g/mol. The normalized spacial score (nSPS) is 21.5. The second kappa shape index (κ2) is 9.74. The second-order valence-electron chi connectivity index (χ2n) is 7.66. The predicted octanol–water partition coefficient (Wildman–Crippen LogP) is 2.40. The van der Waals surface area contributed by atoms with Crippen molar-refractivity contribution in [1.29, 1.82) is 0 Å². The van der Waals surface area contributed by atoms with E-state index in [-0.39, 0.29) is 11.8 Å². The van der Waals surface area contributed by atoms with E-state index >= 15 is 0 Å². The molecule has 3 rings (SSSR count). The average Bonchev–Trinajstić information content (AvgIpc) is 2.69. The standard InChI is InChI=1S/C21H33N5O/c1-3-10-26-11-8-16(9-12-26)14-23-21(22-2)24-15-17-13-20(27)25-19-7-5-4-6-18(17)19/h4-7,16-17H,3,8-15H2,1-2H3,(H,25,27)(H2,22,23,24). The SMILES string of the molecule is CCCN1CCC(CNC(=NC)NCC2CC(=O)Nc3ccccc32)CC1. The fourth-order valence-corrected chi connectivity index (χ4v) is 4.10. The predicted molar refractivity (Wildman–Crippen MR) is 111 cm³/mol. The number of carbonyl (C=O) groups is 1. The van der Waals surface area contributed by atoms with Gasteiger partial charge in [0.05, 0.1) is 0 Å². The van der Waals surface area contributed by atoms with E-state index in [1.54, 1.807) is 7.05 Å². The van der Waals surface area contributed by atoms with Gasteiger partial charge < -0.3 is 20.9 Å². The minimum atomic E-state index is 0.0854. The zero-order valence-corrected chi connectivity index (χ0v) is 16.6. The number of guanidine groups is 1. The topological polar surface area (TPSA) is 68.8 Å². The molecule has 6 heteroatoms. The lowest BCUT2D eigenvalue weighted by molar-refractivity contribution is -0.116. The van der Waals surface area contributed by atoms with E-state index in [0.717, 1.165) is 18.2 Å². The van der Waals surface area contributed by atoms with Crippen molar-refractivity contribution < 1.29 is 4.79 Å². The van der Waals surface area contributed by atoms with Gasteiger partial charge in [0.25, 0.3) is 0 Å². The minimum Gasteiger partial charge on any atom is -0.356 e. The molecule has 0 aliphatic carbocycles. The molecule has 27 heavy (non-hydrogen) atoms. The van der Waals surface area contributed by atoms with E-state index in [1.165, 1.54) is 44.5 Å². The number of hydrogen-bond acceptors (Lipinski definition) is 3. The summed E-state index contributed by atoms with van der Waals surface area (Å²) in [4.78, 5) is 18.9. The monoisotopic (exact) mass is 371 g/mol. The third-order valence-electron chi connectivity index (χ3n) is 5.65. The number of benzene rings is 1. The van der Waals surface area contributed by atoms with Gasteiger partial charge in [-0.05, 0) is 56.4 Å². The van der Waals surface area contributed by atoms with Crippen molar-refractivity contribution >= 4 is 17.6 Å². The summed E-state index contributed by atoms with van der Waals surface area (Å²) >= 11 is 0. The Bertz CT molecular complexity index is 652. The summed E-state index contributed by atoms with van der Waals surface area (Å²) in [5.41, 5.74) is 2.13. The maximum absolute atomic E-state index is 12.0. The lowest BCUT2D eigenvalue weighted by atomic mass is 9.90. The number of rotatable bonds is 6. The van der Waals surface area contributed by atoms with Crippen LogP contribution in [0.4, 0.5) is 5.69 Å². The van der Waals surface area contributed by atoms with Crippen molar-refractivity contribution in [2.24, 2.45) is 10.9 Å². The van der Waals surface area contributed by atoms with Gasteiger partial charge in [-0.25, -0.2) is 0 Å². The largest absolute Gasteiger partial charge is 0.356 e. The van der Waals surface area contributed by atoms with Gasteiger partial charge in [0.1, 0.15) is 0 Å². The zero-order valence-electron chi connectivity index (χ0n) is 16.6. The van der Waals surface area contributed by atoms with Crippen LogP contribution in [-0.2, 0) is 4.79 Å². The molecule has 3 N–H and O–H groups in total. The van der Waals surface area contributed by atoms with Crippen LogP contribution < -0.4 is 16.0 Å². The van der Waals surface area contributed by atoms with Crippen LogP contribution in [0, 0.1) is 5.92 Å². The number of carbonyl (C=O) groups excluding carboxylic acids is 1. The summed E-state index contributed by atoms with van der Waals surface area (Å²) in [5, 5.41) is 9.85. The van der Waals surface area contributed by atoms with Crippen LogP contribution in [0.2, 0.25) is 0 Å². The summed E-state index contributed by atoms with van der Waals surface area (Å²) in [6, 6.07) is 8.06. The number of piperidine rings is 1. The number of para-hydroxylation sites is 1. The molecule has 2 heterocycles. The zero-order chi connectivity index (χ0) is 19.1. The number of anilines is 1. The molecule has 2 aliphatic rings. The van der Waals surface area contributed by atoms with Crippen LogP contribution >= 0.6 is 0 Å². The Morgan fingerprint density at radius 2 is 1.96 bits per heavy atom. The first kappa shape index (κ1) is 19.7. The summed E-state index contributed by atoms with van der Waals surface area (Å²) in [6.07, 6.45) is 4.25. The molecule has 148 valence electrons. The minimum absolute atomic E-state index is 0.0854. The van der Waals surface area contributed by atoms with Gasteiger partial charge in [-0.1, -0.05) is 25.1 Å². The summed E-state index contributed by atoms with van der Waals surface area (Å²) in [7, 11) is 1.81. The molecule has 1 aromatic carbocycles. The van der Waals surface area contributed by atoms with Crippen LogP contribution in [0.3, 0.4) is 0 Å². The van der Waals surface area contributed by atoms with E-state index in [0.29, 0.717) is 18.9 Å². The third kappa shape index (κ3) is 5.45. The molecule has 6 nitrogen and oxygen atoms in total. The van der Waals surface area contributed by atoms with E-state index in [9.17, 15) is 4.79 Å². The number of likely N-dealkylation sites (tertiary alicyclic amines) is 1. The van der Waals surface area contributed by atoms with Gasteiger partial charge in [0.2, 0.25) is 5.91 Å². The molecule has 0 bridgehead atoms. The van der Waals surface area contributed by atoms with Crippen molar-refractivity contribution in [2.45, 2.75) is 38.5 Å². The fourth-order valence-electron chi connectivity index (χ4n) is 4.10. The van der Waals surface area contributed by atoms with Gasteiger partial charge in [-0.2, -0.15) is 0 Å². The number of aliphatic imine (C=N–C) groups is 1. The Morgan fingerprint density at radius 3 is 2.70 bits per heavy atom. The van der Waals surface area contributed by atoms with E-state index in [2.05, 4.69) is 38.8 Å². The molecule has 1 unspecified atom stereocenters. The molecule has 0 spiro atoms. The van der Waals surface area contributed by atoms with Crippen LogP contribution in [-0.4, -0.2) is 56.5 Å². The van der Waals surface area contributed by atoms with Gasteiger partial charge in [-0.3, -0.25) is 9.79 Å². The first-order valence-electron chi connectivity index (χ1n) is 10.2. The number of amides is 1. The second-order valence-corrected chi connectivity index (χ2v) is 7.66. The number of hydrogen-bond donors (Lipinski definition) is 3. The fraction of sp³-hybridized carbons (Fsp3) is 0.619. The summed E-state index contributed by atoms with van der Waals surface area (Å²) < 4.78 is 0. The van der Waals surface area contributed by atoms with Crippen molar-refractivity contribution in [1.82, 2.24) is 15.5 Å². The first-order valence-corrected chi connectivity index (χ1v) is 10.2. The van der Waals surface area contributed by atoms with E-state index < -0.39 is 0 Å². The van der Waals surface area contributed by atoms with Crippen molar-refractivity contribution in [3.8, 4) is 0 Å². The highest BCUT2D eigenvalue weighted by molar-refractivity contribution is 5.94. The Labute approximate surface area is 162 Å². The molecule has 1 amide bonds. The lowest BCUT2D eigenvalue weighted by Gasteiger charge is -2.32. The summed E-state index contributed by atoms with van der Waals surface area (Å²) in [5.74, 6) is 1.79. The third-order valence-corrected chi connectivity index (χ3v) is 5.65. The molecule has 2 aliphatic heterocycles. The van der Waals surface area contributed by atoms with Crippen LogP contribution in [0.5, 0.6) is 0 Å². The number of nitrogens with zero attached hydrogens (tertiary/aromatic N) is 2. The van der Waals surface area contributed by atoms with E-state index in [1.807, 2.05) is 18.2 Å². The molecule has 0 aromatic heterocycles. The molecule has 1 fully saturated rings. The van der Waals surface area contributed by atoms with Crippen LogP contribution in [0.1, 0.15) is 44.1 Å². The number of fused-ring (bicyclic) bond motifs is 1. The van der Waals surface area contributed by atoms with Crippen molar-refractivity contribution in [3.05, 3.63) is 29.8 Å². The maximum atomic E-state index is 12.0. The highest BCUT2D eigenvalue weighted by Crippen LogP contribution is 2.31. The van der Waals surface area contributed by atoms with Gasteiger partial charge in [0, 0.05) is 38.2 Å². The Morgan fingerprint density at radius 1 is 1.22 bits per heavy atom. The Kier molecular flexibility index (Phi) is 7.10. The van der Waals surface area contributed by atoms with Crippen molar-refractivity contribution in [3.63, 3.8) is 0 Å². The Balaban J connectivity index is 1.46. The van der Waals surface area contributed by atoms with Crippen molar-refractivity contribution in [2.75, 3.05) is 45.1 Å². The van der Waals surface area contributed by atoms with Crippen LogP contribution in [0.15, 0.2) is 29.3 Å². The van der Waals surface area contributed by atoms with Gasteiger partial charge in [0.15, 0.2) is 5.96 Å². The lowest BCUT2D eigenvalue weighted by Crippen LogP contribution is -2.44.